The van der Waals surface area contributed by atoms with Crippen molar-refractivity contribution in [1.29, 1.82) is 5.26 Å². The number of ether oxygens (including phenoxy) is 2. The highest BCUT2D eigenvalue weighted by molar-refractivity contribution is 7.99. The zero-order chi connectivity index (χ0) is 17.9. The standard InChI is InChI=1S/C18H16N2O4S/c19-10-11-25-16-9-5-4-8-15(16)20-17(21)12-24-18(22)13-23-14-6-2-1-3-7-14/h1-9H,11-13H2,(H,20,21). The van der Waals surface area contributed by atoms with E-state index in [9.17, 15) is 9.59 Å². The Morgan fingerprint density at radius 3 is 2.52 bits per heavy atom. The number of anilines is 1. The van der Waals surface area contributed by atoms with E-state index >= 15 is 0 Å². The molecule has 0 fully saturated rings. The molecule has 7 heteroatoms. The van der Waals surface area contributed by atoms with E-state index in [1.165, 1.54) is 11.8 Å². The van der Waals surface area contributed by atoms with E-state index in [1.807, 2.05) is 18.2 Å². The van der Waals surface area contributed by atoms with Crippen molar-refractivity contribution in [3.63, 3.8) is 0 Å². The lowest BCUT2D eigenvalue weighted by atomic mass is 10.3. The van der Waals surface area contributed by atoms with Crippen molar-refractivity contribution in [2.24, 2.45) is 0 Å². The highest BCUT2D eigenvalue weighted by Crippen LogP contribution is 2.26. The normalized spacial score (nSPS) is 9.72. The minimum atomic E-state index is -0.633. The fourth-order valence-electron chi connectivity index (χ4n) is 1.84. The molecule has 0 aliphatic rings. The van der Waals surface area contributed by atoms with E-state index in [4.69, 9.17) is 14.7 Å². The second kappa shape index (κ2) is 10.0. The van der Waals surface area contributed by atoms with Crippen molar-refractivity contribution in [3.8, 4) is 11.8 Å². The fraction of sp³-hybridized carbons (Fsp3) is 0.167. The number of nitrogens with zero attached hydrogens (tertiary/aromatic N) is 1. The second-order valence-electron chi connectivity index (χ2n) is 4.75. The van der Waals surface area contributed by atoms with Gasteiger partial charge in [-0.2, -0.15) is 5.26 Å². The number of nitriles is 1. The fourth-order valence-corrected chi connectivity index (χ4v) is 2.51. The van der Waals surface area contributed by atoms with E-state index in [0.717, 1.165) is 4.90 Å². The quantitative estimate of drug-likeness (QED) is 0.578. The van der Waals surface area contributed by atoms with Crippen LogP contribution in [0.2, 0.25) is 0 Å². The molecule has 1 N–H and O–H groups in total. The Kier molecular flexibility index (Phi) is 7.35. The SMILES string of the molecule is N#CCSc1ccccc1NC(=O)COC(=O)COc1ccccc1. The molecule has 0 saturated heterocycles. The number of para-hydroxylation sites is 2. The van der Waals surface area contributed by atoms with Crippen molar-refractivity contribution in [2.75, 3.05) is 24.3 Å². The number of nitrogens with one attached hydrogen (secondary N) is 1. The number of hydrogen-bond donors (Lipinski definition) is 1. The number of carbonyl (C=O) groups excluding carboxylic acids is 2. The molecule has 128 valence electrons. The maximum atomic E-state index is 11.9. The first-order valence-corrected chi connectivity index (χ1v) is 8.39. The van der Waals surface area contributed by atoms with Crippen LogP contribution in [0.5, 0.6) is 5.75 Å². The molecule has 0 aliphatic heterocycles. The summed E-state index contributed by atoms with van der Waals surface area (Å²) >= 11 is 1.32. The van der Waals surface area contributed by atoms with Gasteiger partial charge in [0.05, 0.1) is 17.5 Å². The third-order valence-electron chi connectivity index (χ3n) is 2.92. The minimum absolute atomic E-state index is 0.272. The van der Waals surface area contributed by atoms with Crippen LogP contribution in [-0.2, 0) is 14.3 Å². The van der Waals surface area contributed by atoms with Crippen LogP contribution in [-0.4, -0.2) is 30.8 Å². The van der Waals surface area contributed by atoms with Crippen molar-refractivity contribution < 1.29 is 19.1 Å². The molecule has 0 spiro atoms. The minimum Gasteiger partial charge on any atom is -0.482 e. The van der Waals surface area contributed by atoms with Crippen molar-refractivity contribution >= 4 is 29.3 Å². The number of thioether (sulfide) groups is 1. The lowest BCUT2D eigenvalue weighted by Crippen LogP contribution is -2.23. The van der Waals surface area contributed by atoms with Crippen LogP contribution in [0.1, 0.15) is 0 Å². The summed E-state index contributed by atoms with van der Waals surface area (Å²) in [5.41, 5.74) is 0.573. The van der Waals surface area contributed by atoms with Crippen LogP contribution in [0.3, 0.4) is 0 Å². The Morgan fingerprint density at radius 1 is 1.04 bits per heavy atom. The number of carbonyl (C=O) groups is 2. The van der Waals surface area contributed by atoms with E-state index in [0.29, 0.717) is 11.4 Å². The number of rotatable bonds is 8. The average molecular weight is 356 g/mol. The highest BCUT2D eigenvalue weighted by Gasteiger charge is 2.10. The lowest BCUT2D eigenvalue weighted by Gasteiger charge is -2.10. The van der Waals surface area contributed by atoms with E-state index in [1.54, 1.807) is 42.5 Å². The van der Waals surface area contributed by atoms with Gasteiger partial charge in [-0.05, 0) is 24.3 Å². The zero-order valence-corrected chi connectivity index (χ0v) is 14.1. The van der Waals surface area contributed by atoms with Gasteiger partial charge >= 0.3 is 5.97 Å². The number of benzene rings is 2. The summed E-state index contributed by atoms with van der Waals surface area (Å²) in [6.45, 7) is -0.680. The van der Waals surface area contributed by atoms with Gasteiger partial charge in [0.1, 0.15) is 5.75 Å². The largest absolute Gasteiger partial charge is 0.482 e. The molecule has 0 heterocycles. The monoisotopic (exact) mass is 356 g/mol. The maximum Gasteiger partial charge on any atom is 0.344 e. The number of amides is 1. The van der Waals surface area contributed by atoms with Gasteiger partial charge in [-0.25, -0.2) is 4.79 Å². The van der Waals surface area contributed by atoms with Crippen LogP contribution in [0.25, 0.3) is 0 Å². The molecule has 2 aromatic carbocycles. The van der Waals surface area contributed by atoms with Crippen LogP contribution in [0.15, 0.2) is 59.5 Å². The molecule has 0 bridgehead atoms. The Balaban J connectivity index is 1.77. The predicted molar refractivity (Wildman–Crippen MR) is 94.3 cm³/mol. The van der Waals surface area contributed by atoms with Gasteiger partial charge in [0, 0.05) is 4.90 Å². The molecule has 1 amide bonds. The first-order valence-electron chi connectivity index (χ1n) is 7.41. The molecular formula is C18H16N2O4S. The molecular weight excluding hydrogens is 340 g/mol. The van der Waals surface area contributed by atoms with Crippen molar-refractivity contribution in [1.82, 2.24) is 0 Å². The second-order valence-corrected chi connectivity index (χ2v) is 5.77. The number of esters is 1. The van der Waals surface area contributed by atoms with Crippen molar-refractivity contribution in [3.05, 3.63) is 54.6 Å². The maximum absolute atomic E-state index is 11.9. The highest BCUT2D eigenvalue weighted by atomic mass is 32.2. The average Bonchev–Trinajstić information content (AvgIpc) is 2.65. The van der Waals surface area contributed by atoms with Gasteiger partial charge in [0.2, 0.25) is 0 Å². The van der Waals surface area contributed by atoms with Gasteiger partial charge in [-0.1, -0.05) is 30.3 Å². The van der Waals surface area contributed by atoms with Gasteiger partial charge in [0.25, 0.3) is 5.91 Å². The van der Waals surface area contributed by atoms with Crippen LogP contribution >= 0.6 is 11.8 Å². The van der Waals surface area contributed by atoms with Gasteiger partial charge in [0.15, 0.2) is 13.2 Å². The summed E-state index contributed by atoms with van der Waals surface area (Å²) < 4.78 is 10.1. The Labute approximate surface area is 149 Å². The molecule has 0 aromatic heterocycles. The number of hydrogen-bond acceptors (Lipinski definition) is 6. The Bertz CT molecular complexity index is 759. The molecule has 0 unspecified atom stereocenters. The smallest absolute Gasteiger partial charge is 0.344 e. The molecule has 0 radical (unpaired) electrons. The third kappa shape index (κ3) is 6.57. The first kappa shape index (κ1) is 18.4. The van der Waals surface area contributed by atoms with Crippen LogP contribution in [0, 0.1) is 11.3 Å². The Morgan fingerprint density at radius 2 is 1.76 bits per heavy atom. The third-order valence-corrected chi connectivity index (χ3v) is 3.86. The molecule has 25 heavy (non-hydrogen) atoms. The van der Waals surface area contributed by atoms with E-state index in [-0.39, 0.29) is 12.4 Å². The summed E-state index contributed by atoms with van der Waals surface area (Å²) in [4.78, 5) is 24.3. The van der Waals surface area contributed by atoms with Gasteiger partial charge in [-0.3, -0.25) is 4.79 Å². The van der Waals surface area contributed by atoms with Gasteiger partial charge in [-0.15, -0.1) is 11.8 Å². The van der Waals surface area contributed by atoms with E-state index in [2.05, 4.69) is 5.32 Å². The molecule has 6 nitrogen and oxygen atoms in total. The molecule has 0 aliphatic carbocycles. The summed E-state index contributed by atoms with van der Waals surface area (Å²) in [5.74, 6) is -0.268. The molecule has 0 saturated carbocycles. The van der Waals surface area contributed by atoms with E-state index < -0.39 is 18.5 Å². The Hall–Kier alpha value is -2.98. The summed E-state index contributed by atoms with van der Waals surface area (Å²) in [7, 11) is 0. The topological polar surface area (TPSA) is 88.4 Å². The zero-order valence-electron chi connectivity index (χ0n) is 13.3. The lowest BCUT2D eigenvalue weighted by molar-refractivity contribution is -0.149. The summed E-state index contributed by atoms with van der Waals surface area (Å²) in [6, 6.07) is 18.0. The molecule has 2 rings (SSSR count). The van der Waals surface area contributed by atoms with Crippen molar-refractivity contribution in [2.45, 2.75) is 4.90 Å². The summed E-state index contributed by atoms with van der Waals surface area (Å²) in [6.07, 6.45) is 0. The van der Waals surface area contributed by atoms with Crippen LogP contribution in [0.4, 0.5) is 5.69 Å². The molecule has 0 atom stereocenters. The summed E-state index contributed by atoms with van der Waals surface area (Å²) in [5, 5.41) is 11.3. The molecule has 2 aromatic rings. The van der Waals surface area contributed by atoms with Crippen LogP contribution < -0.4 is 10.1 Å². The predicted octanol–water partition coefficient (Wildman–Crippen LogP) is 2.86. The van der Waals surface area contributed by atoms with Gasteiger partial charge < -0.3 is 14.8 Å². The first-order chi connectivity index (χ1) is 12.2.